The van der Waals surface area contributed by atoms with Crippen LogP contribution in [-0.4, -0.2) is 44.5 Å². The van der Waals surface area contributed by atoms with Crippen LogP contribution in [0.3, 0.4) is 0 Å². The number of benzene rings is 2. The molecule has 2 N–H and O–H groups in total. The van der Waals surface area contributed by atoms with E-state index in [0.29, 0.717) is 48.9 Å². The van der Waals surface area contributed by atoms with Crippen LogP contribution in [0.4, 0.5) is 17.2 Å². The van der Waals surface area contributed by atoms with Gasteiger partial charge in [0.25, 0.3) is 5.69 Å². The van der Waals surface area contributed by atoms with E-state index in [1.807, 2.05) is 28.0 Å². The molecule has 0 saturated carbocycles. The molecule has 0 bridgehead atoms. The number of hydrogen-bond acceptors (Lipinski definition) is 7. The van der Waals surface area contributed by atoms with Crippen LogP contribution in [0.5, 0.6) is 0 Å². The van der Waals surface area contributed by atoms with Gasteiger partial charge < -0.3 is 9.80 Å². The van der Waals surface area contributed by atoms with E-state index in [9.17, 15) is 18.5 Å². The number of sulfonamides is 1. The summed E-state index contributed by atoms with van der Waals surface area (Å²) in [5.41, 5.74) is 1.53. The minimum absolute atomic E-state index is 0.0457. The third-order valence-electron chi connectivity index (χ3n) is 5.22. The molecule has 4 rings (SSSR count). The predicted molar refractivity (Wildman–Crippen MR) is 119 cm³/mol. The lowest BCUT2D eigenvalue weighted by molar-refractivity contribution is -0.384. The summed E-state index contributed by atoms with van der Waals surface area (Å²) in [6, 6.07) is 18.9. The zero-order chi connectivity index (χ0) is 22.0. The van der Waals surface area contributed by atoms with Crippen molar-refractivity contribution in [1.82, 2.24) is 4.98 Å². The Bertz CT molecular complexity index is 1210. The minimum Gasteiger partial charge on any atom is -0.367 e. The van der Waals surface area contributed by atoms with Crippen molar-refractivity contribution in [2.75, 3.05) is 36.0 Å². The molecule has 1 fully saturated rings. The molecule has 0 radical (unpaired) electrons. The van der Waals surface area contributed by atoms with E-state index >= 15 is 0 Å². The summed E-state index contributed by atoms with van der Waals surface area (Å²) < 4.78 is 23.8. The average molecular weight is 439 g/mol. The minimum atomic E-state index is -3.83. The first-order valence-corrected chi connectivity index (χ1v) is 11.2. The Morgan fingerprint density at radius 1 is 0.871 bits per heavy atom. The maximum Gasteiger partial charge on any atom is 0.295 e. The second-order valence-electron chi connectivity index (χ2n) is 7.15. The molecule has 10 heteroatoms. The van der Waals surface area contributed by atoms with Gasteiger partial charge in [0.2, 0.25) is 10.0 Å². The van der Waals surface area contributed by atoms with E-state index in [0.717, 1.165) is 0 Å². The molecule has 9 nitrogen and oxygen atoms in total. The molecule has 1 saturated heterocycles. The van der Waals surface area contributed by atoms with Crippen LogP contribution in [0.15, 0.2) is 71.6 Å². The topological polar surface area (TPSA) is 123 Å². The lowest BCUT2D eigenvalue weighted by atomic mass is 10.1. The number of primary sulfonamides is 1. The summed E-state index contributed by atoms with van der Waals surface area (Å²) in [7, 11) is -3.83. The summed E-state index contributed by atoms with van der Waals surface area (Å²) in [6.07, 6.45) is 0. The number of hydrogen-bond donors (Lipinski definition) is 1. The fraction of sp³-hybridized carbons (Fsp3) is 0.190. The van der Waals surface area contributed by atoms with E-state index in [1.165, 1.54) is 12.1 Å². The predicted octanol–water partition coefficient (Wildman–Crippen LogP) is 2.63. The van der Waals surface area contributed by atoms with E-state index < -0.39 is 14.9 Å². The van der Waals surface area contributed by atoms with Gasteiger partial charge in [-0.05, 0) is 18.2 Å². The number of para-hydroxylation sites is 1. The third-order valence-corrected chi connectivity index (χ3v) is 6.18. The van der Waals surface area contributed by atoms with Crippen LogP contribution in [0.2, 0.25) is 0 Å². The van der Waals surface area contributed by atoms with Crippen molar-refractivity contribution in [3.63, 3.8) is 0 Å². The van der Waals surface area contributed by atoms with E-state index in [2.05, 4.69) is 4.98 Å². The Hall–Kier alpha value is -3.50. The molecule has 0 atom stereocenters. The number of pyridine rings is 1. The van der Waals surface area contributed by atoms with Crippen molar-refractivity contribution in [3.8, 4) is 11.3 Å². The Kier molecular flexibility index (Phi) is 5.57. The Labute approximate surface area is 179 Å². The van der Waals surface area contributed by atoms with Gasteiger partial charge in [0.1, 0.15) is 10.7 Å². The summed E-state index contributed by atoms with van der Waals surface area (Å²) in [5, 5.41) is 16.8. The first-order valence-electron chi connectivity index (χ1n) is 9.67. The smallest absolute Gasteiger partial charge is 0.295 e. The van der Waals surface area contributed by atoms with Crippen molar-refractivity contribution in [1.29, 1.82) is 0 Å². The number of piperazine rings is 1. The quantitative estimate of drug-likeness (QED) is 0.479. The molecule has 0 spiro atoms. The number of nitrogens with two attached hydrogens (primary N) is 1. The normalized spacial score (nSPS) is 14.5. The lowest BCUT2D eigenvalue weighted by Crippen LogP contribution is -2.47. The molecule has 1 aliphatic rings. The molecule has 0 unspecified atom stereocenters. The van der Waals surface area contributed by atoms with Gasteiger partial charge in [-0.2, -0.15) is 0 Å². The number of nitrogens with zero attached hydrogens (tertiary/aromatic N) is 4. The zero-order valence-corrected chi connectivity index (χ0v) is 17.4. The summed E-state index contributed by atoms with van der Waals surface area (Å²) in [4.78, 5) is 19.8. The zero-order valence-electron chi connectivity index (χ0n) is 16.6. The van der Waals surface area contributed by atoms with E-state index in [1.54, 1.807) is 36.4 Å². The Morgan fingerprint density at radius 3 is 2.13 bits per heavy atom. The molecule has 1 aliphatic heterocycles. The third kappa shape index (κ3) is 4.35. The number of nitro groups is 1. The molecule has 1 aromatic heterocycles. The summed E-state index contributed by atoms with van der Waals surface area (Å²) >= 11 is 0. The second kappa shape index (κ2) is 8.32. The molecule has 3 aromatic rings. The van der Waals surface area contributed by atoms with Crippen LogP contribution in [-0.2, 0) is 10.0 Å². The lowest BCUT2D eigenvalue weighted by Gasteiger charge is -2.37. The molecular weight excluding hydrogens is 418 g/mol. The van der Waals surface area contributed by atoms with Crippen molar-refractivity contribution in [2.45, 2.75) is 4.90 Å². The number of rotatable bonds is 5. The van der Waals surface area contributed by atoms with E-state index in [4.69, 9.17) is 5.14 Å². The standard InChI is InChI=1S/C21H21N5O4S/c22-31(29,30)19-9-5-4-8-17(19)24-12-14-25(15-13-24)20-11-10-18(26(27)28)21(23-20)16-6-2-1-3-7-16/h1-11H,12-15H2,(H2,22,29,30). The molecule has 2 aromatic carbocycles. The maximum absolute atomic E-state index is 11.9. The molecule has 0 aliphatic carbocycles. The second-order valence-corrected chi connectivity index (χ2v) is 8.68. The first-order chi connectivity index (χ1) is 14.8. The molecule has 31 heavy (non-hydrogen) atoms. The van der Waals surface area contributed by atoms with Gasteiger partial charge >= 0.3 is 0 Å². The van der Waals surface area contributed by atoms with Gasteiger partial charge in [-0.25, -0.2) is 18.5 Å². The van der Waals surface area contributed by atoms with Gasteiger partial charge in [-0.15, -0.1) is 0 Å². The van der Waals surface area contributed by atoms with Crippen molar-refractivity contribution in [3.05, 3.63) is 76.8 Å². The first kappa shape index (κ1) is 20.8. The monoisotopic (exact) mass is 439 g/mol. The number of aromatic nitrogens is 1. The van der Waals surface area contributed by atoms with Crippen molar-refractivity contribution >= 4 is 27.2 Å². The van der Waals surface area contributed by atoms with Crippen molar-refractivity contribution < 1.29 is 13.3 Å². The SMILES string of the molecule is NS(=O)(=O)c1ccccc1N1CCN(c2ccc([N+](=O)[O-])c(-c3ccccc3)n2)CC1. The molecule has 0 amide bonds. The highest BCUT2D eigenvalue weighted by molar-refractivity contribution is 7.89. The van der Waals surface area contributed by atoms with Crippen LogP contribution in [0, 0.1) is 10.1 Å². The highest BCUT2D eigenvalue weighted by atomic mass is 32.2. The fourth-order valence-electron chi connectivity index (χ4n) is 3.71. The Morgan fingerprint density at radius 2 is 1.48 bits per heavy atom. The molecular formula is C21H21N5O4S. The largest absolute Gasteiger partial charge is 0.367 e. The van der Waals surface area contributed by atoms with Gasteiger partial charge in [0, 0.05) is 37.8 Å². The summed E-state index contributed by atoms with van der Waals surface area (Å²) in [6.45, 7) is 2.29. The van der Waals surface area contributed by atoms with Crippen LogP contribution in [0.25, 0.3) is 11.3 Å². The van der Waals surface area contributed by atoms with E-state index in [-0.39, 0.29) is 10.6 Å². The maximum atomic E-state index is 11.9. The van der Waals surface area contributed by atoms with Gasteiger partial charge in [-0.1, -0.05) is 42.5 Å². The van der Waals surface area contributed by atoms with Crippen LogP contribution in [0.1, 0.15) is 0 Å². The van der Waals surface area contributed by atoms with Gasteiger partial charge in [0.15, 0.2) is 5.69 Å². The molecule has 2 heterocycles. The number of anilines is 2. The molecule has 160 valence electrons. The Balaban J connectivity index is 1.58. The van der Waals surface area contributed by atoms with Gasteiger partial charge in [0.05, 0.1) is 10.6 Å². The average Bonchev–Trinajstić information content (AvgIpc) is 2.79. The van der Waals surface area contributed by atoms with Crippen LogP contribution < -0.4 is 14.9 Å². The fourth-order valence-corrected chi connectivity index (χ4v) is 4.47. The van der Waals surface area contributed by atoms with Crippen molar-refractivity contribution in [2.24, 2.45) is 5.14 Å². The van der Waals surface area contributed by atoms with Crippen LogP contribution >= 0.6 is 0 Å². The van der Waals surface area contributed by atoms with Gasteiger partial charge in [-0.3, -0.25) is 10.1 Å². The highest BCUT2D eigenvalue weighted by Gasteiger charge is 2.25. The summed E-state index contributed by atoms with van der Waals surface area (Å²) in [5.74, 6) is 0.642. The highest BCUT2D eigenvalue weighted by Crippen LogP contribution is 2.31.